The fourth-order valence-corrected chi connectivity index (χ4v) is 1.66. The highest BCUT2D eigenvalue weighted by Gasteiger charge is 2.11. The fourth-order valence-electron chi connectivity index (χ4n) is 1.66. The Morgan fingerprint density at radius 3 is 2.47 bits per heavy atom. The van der Waals surface area contributed by atoms with Crippen LogP contribution in [0.2, 0.25) is 0 Å². The normalized spacial score (nSPS) is 10.5. The van der Waals surface area contributed by atoms with E-state index in [1.165, 1.54) is 5.56 Å². The molecule has 5 heteroatoms. The van der Waals surface area contributed by atoms with Crippen molar-refractivity contribution in [1.82, 2.24) is 4.98 Å². The molecular weight excluding hydrogens is 250 g/mol. The van der Waals surface area contributed by atoms with E-state index in [9.17, 15) is 8.78 Å². The highest BCUT2D eigenvalue weighted by Crippen LogP contribution is 2.25. The molecule has 0 fully saturated rings. The highest BCUT2D eigenvalue weighted by atomic mass is 19.1. The van der Waals surface area contributed by atoms with Crippen LogP contribution in [0.5, 0.6) is 11.6 Å². The molecule has 0 aliphatic heterocycles. The fraction of sp³-hybridized carbons (Fsp3) is 0.214. The van der Waals surface area contributed by atoms with E-state index in [-0.39, 0.29) is 11.7 Å². The first-order valence-electron chi connectivity index (χ1n) is 5.98. The van der Waals surface area contributed by atoms with Crippen molar-refractivity contribution in [3.8, 4) is 11.6 Å². The van der Waals surface area contributed by atoms with E-state index in [0.29, 0.717) is 11.8 Å². The van der Waals surface area contributed by atoms with Crippen LogP contribution < -0.4 is 10.5 Å². The number of hydrogen-bond acceptors (Lipinski definition) is 3. The highest BCUT2D eigenvalue weighted by molar-refractivity contribution is 5.37. The first-order chi connectivity index (χ1) is 9.10. The minimum atomic E-state index is -0.900. The van der Waals surface area contributed by atoms with Crippen molar-refractivity contribution in [3.63, 3.8) is 0 Å². The number of ether oxygens (including phenoxy) is 1. The van der Waals surface area contributed by atoms with Crippen molar-refractivity contribution in [2.24, 2.45) is 0 Å². The van der Waals surface area contributed by atoms with Crippen LogP contribution in [0.1, 0.15) is 18.9 Å². The molecule has 0 spiro atoms. The molecule has 2 rings (SSSR count). The third-order valence-corrected chi connectivity index (χ3v) is 2.60. The molecule has 0 amide bonds. The molecular formula is C14H14F2N2O. The number of benzene rings is 1. The van der Waals surface area contributed by atoms with Gasteiger partial charge in [-0.25, -0.2) is 8.78 Å². The lowest BCUT2D eigenvalue weighted by Crippen LogP contribution is -2.00. The Kier molecular flexibility index (Phi) is 3.94. The van der Waals surface area contributed by atoms with Crippen molar-refractivity contribution in [2.45, 2.75) is 19.8 Å². The smallest absolute Gasteiger partial charge is 0.258 e. The second kappa shape index (κ2) is 5.65. The van der Waals surface area contributed by atoms with Gasteiger partial charge in [0.15, 0.2) is 17.5 Å². The van der Waals surface area contributed by atoms with Crippen LogP contribution >= 0.6 is 0 Å². The number of aryl methyl sites for hydroxylation is 1. The van der Waals surface area contributed by atoms with E-state index >= 15 is 0 Å². The molecule has 0 unspecified atom stereocenters. The Morgan fingerprint density at radius 1 is 1.16 bits per heavy atom. The molecule has 0 radical (unpaired) electrons. The molecule has 2 aromatic rings. The molecule has 0 atom stereocenters. The van der Waals surface area contributed by atoms with Gasteiger partial charge in [-0.05, 0) is 24.1 Å². The second-order valence-corrected chi connectivity index (χ2v) is 4.14. The Bertz CT molecular complexity index is 570. The first kappa shape index (κ1) is 13.3. The maximum atomic E-state index is 13.4. The summed E-state index contributed by atoms with van der Waals surface area (Å²) in [6, 6.07) is 7.87. The lowest BCUT2D eigenvalue weighted by atomic mass is 10.1. The van der Waals surface area contributed by atoms with Crippen LogP contribution in [-0.4, -0.2) is 4.98 Å². The summed E-state index contributed by atoms with van der Waals surface area (Å²) < 4.78 is 31.6. The molecule has 1 heterocycles. The number of hydrogen-bond donors (Lipinski definition) is 1. The summed E-state index contributed by atoms with van der Waals surface area (Å²) in [5.41, 5.74) is 6.44. The van der Waals surface area contributed by atoms with Crippen LogP contribution in [0, 0.1) is 11.6 Å². The quantitative estimate of drug-likeness (QED) is 0.916. The minimum absolute atomic E-state index is 0.331. The molecule has 3 nitrogen and oxygen atoms in total. The molecule has 0 bridgehead atoms. The molecule has 0 aliphatic carbocycles. The second-order valence-electron chi connectivity index (χ2n) is 4.14. The van der Waals surface area contributed by atoms with Gasteiger partial charge in [0.1, 0.15) is 5.75 Å². The lowest BCUT2D eigenvalue weighted by Gasteiger charge is -2.07. The standard InChI is InChI=1S/C14H14F2N2O/c1-2-3-9-4-6-10(7-5-9)19-14-12(16)8-11(15)13(17)18-14/h4-8H,2-3H2,1H3,(H2,17,18). The number of nitrogens with two attached hydrogens (primary N) is 1. The minimum Gasteiger partial charge on any atom is -0.436 e. The van der Waals surface area contributed by atoms with Crippen molar-refractivity contribution in [2.75, 3.05) is 5.73 Å². The molecule has 2 N–H and O–H groups in total. The average molecular weight is 264 g/mol. The van der Waals surface area contributed by atoms with E-state index < -0.39 is 11.6 Å². The molecule has 100 valence electrons. The van der Waals surface area contributed by atoms with Crippen molar-refractivity contribution >= 4 is 5.82 Å². The Hall–Kier alpha value is -2.17. The Morgan fingerprint density at radius 2 is 1.84 bits per heavy atom. The van der Waals surface area contributed by atoms with E-state index in [4.69, 9.17) is 10.5 Å². The van der Waals surface area contributed by atoms with Crippen LogP contribution in [0.3, 0.4) is 0 Å². The molecule has 0 saturated heterocycles. The lowest BCUT2D eigenvalue weighted by molar-refractivity contribution is 0.418. The Balaban J connectivity index is 2.19. The van der Waals surface area contributed by atoms with Gasteiger partial charge in [0.2, 0.25) is 0 Å². The zero-order chi connectivity index (χ0) is 13.8. The van der Waals surface area contributed by atoms with Gasteiger partial charge in [0, 0.05) is 6.07 Å². The number of pyridine rings is 1. The van der Waals surface area contributed by atoms with E-state index in [0.717, 1.165) is 12.8 Å². The molecule has 0 aliphatic rings. The summed E-state index contributed by atoms with van der Waals surface area (Å²) >= 11 is 0. The van der Waals surface area contributed by atoms with Gasteiger partial charge < -0.3 is 10.5 Å². The third kappa shape index (κ3) is 3.19. The number of nitrogen functional groups attached to an aromatic ring is 1. The third-order valence-electron chi connectivity index (χ3n) is 2.60. The van der Waals surface area contributed by atoms with Gasteiger partial charge in [0.05, 0.1) is 0 Å². The monoisotopic (exact) mass is 264 g/mol. The van der Waals surface area contributed by atoms with Crippen LogP contribution in [-0.2, 0) is 6.42 Å². The zero-order valence-corrected chi connectivity index (χ0v) is 10.5. The van der Waals surface area contributed by atoms with E-state index in [1.54, 1.807) is 12.1 Å². The van der Waals surface area contributed by atoms with Gasteiger partial charge >= 0.3 is 0 Å². The topological polar surface area (TPSA) is 48.1 Å². The summed E-state index contributed by atoms with van der Waals surface area (Å²) in [6.45, 7) is 2.09. The number of halogens is 2. The summed E-state index contributed by atoms with van der Waals surface area (Å²) in [5.74, 6) is -2.08. The molecule has 1 aromatic heterocycles. The predicted molar refractivity (Wildman–Crippen MR) is 69.1 cm³/mol. The van der Waals surface area contributed by atoms with Gasteiger partial charge in [-0.15, -0.1) is 0 Å². The molecule has 19 heavy (non-hydrogen) atoms. The predicted octanol–water partition coefficient (Wildman–Crippen LogP) is 3.69. The van der Waals surface area contributed by atoms with Crippen LogP contribution in [0.15, 0.2) is 30.3 Å². The van der Waals surface area contributed by atoms with E-state index in [1.807, 2.05) is 12.1 Å². The maximum absolute atomic E-state index is 13.4. The summed E-state index contributed by atoms with van der Waals surface area (Å²) in [6.07, 6.45) is 2.02. The average Bonchev–Trinajstić information content (AvgIpc) is 2.38. The van der Waals surface area contributed by atoms with Gasteiger partial charge in [0.25, 0.3) is 5.88 Å². The van der Waals surface area contributed by atoms with Crippen molar-refractivity contribution in [3.05, 3.63) is 47.5 Å². The number of aromatic nitrogens is 1. The van der Waals surface area contributed by atoms with Crippen LogP contribution in [0.25, 0.3) is 0 Å². The summed E-state index contributed by atoms with van der Waals surface area (Å²) in [4.78, 5) is 3.53. The number of anilines is 1. The number of nitrogens with zero attached hydrogens (tertiary/aromatic N) is 1. The summed E-state index contributed by atoms with van der Waals surface area (Å²) in [7, 11) is 0. The van der Waals surface area contributed by atoms with Crippen molar-refractivity contribution < 1.29 is 13.5 Å². The van der Waals surface area contributed by atoms with Gasteiger partial charge in [-0.2, -0.15) is 4.98 Å². The first-order valence-corrected chi connectivity index (χ1v) is 5.98. The SMILES string of the molecule is CCCc1ccc(Oc2nc(N)c(F)cc2F)cc1. The molecule has 1 aromatic carbocycles. The maximum Gasteiger partial charge on any atom is 0.258 e. The van der Waals surface area contributed by atoms with Crippen LogP contribution in [0.4, 0.5) is 14.6 Å². The number of rotatable bonds is 4. The summed E-state index contributed by atoms with van der Waals surface area (Å²) in [5, 5.41) is 0. The van der Waals surface area contributed by atoms with Crippen molar-refractivity contribution in [1.29, 1.82) is 0 Å². The van der Waals surface area contributed by atoms with E-state index in [2.05, 4.69) is 11.9 Å². The molecule has 0 saturated carbocycles. The largest absolute Gasteiger partial charge is 0.436 e. The zero-order valence-electron chi connectivity index (χ0n) is 10.5. The Labute approximate surface area is 110 Å². The van der Waals surface area contributed by atoms with Gasteiger partial charge in [-0.3, -0.25) is 0 Å². The van der Waals surface area contributed by atoms with Gasteiger partial charge in [-0.1, -0.05) is 25.5 Å².